The Balaban J connectivity index is 2.49. The maximum Gasteiger partial charge on any atom is 0.343 e. The van der Waals surface area contributed by atoms with E-state index in [-0.39, 0.29) is 36.4 Å². The number of carbonyl (C=O) groups excluding carboxylic acids is 2. The molecule has 0 atom stereocenters. The van der Waals surface area contributed by atoms with Crippen LogP contribution >= 0.6 is 0 Å². The Morgan fingerprint density at radius 3 is 2.59 bits per heavy atom. The van der Waals surface area contributed by atoms with E-state index in [1.54, 1.807) is 20.8 Å². The van der Waals surface area contributed by atoms with Crippen molar-refractivity contribution in [3.05, 3.63) is 33.4 Å². The molecule has 0 saturated heterocycles. The van der Waals surface area contributed by atoms with Crippen molar-refractivity contribution in [2.45, 2.75) is 27.2 Å². The zero-order valence-corrected chi connectivity index (χ0v) is 12.6. The molecular weight excluding hydrogens is 290 g/mol. The molecule has 0 spiro atoms. The number of hydrogen-bond donors (Lipinski definition) is 1. The van der Waals surface area contributed by atoms with Gasteiger partial charge in [0, 0.05) is 11.9 Å². The lowest BCUT2D eigenvalue weighted by molar-refractivity contribution is -0.142. The number of rotatable bonds is 5. The number of nitrogens with one attached hydrogen (secondary N) is 1. The second kappa shape index (κ2) is 6.42. The normalized spacial score (nSPS) is 10.7. The van der Waals surface area contributed by atoms with Gasteiger partial charge in [-0.05, 0) is 20.8 Å². The molecule has 118 valence electrons. The van der Waals surface area contributed by atoms with E-state index >= 15 is 0 Å². The van der Waals surface area contributed by atoms with Crippen LogP contribution in [0.2, 0.25) is 0 Å². The summed E-state index contributed by atoms with van der Waals surface area (Å²) < 4.78 is 10.9. The van der Waals surface area contributed by atoms with Gasteiger partial charge in [-0.25, -0.2) is 14.3 Å². The van der Waals surface area contributed by atoms with Crippen molar-refractivity contribution in [3.63, 3.8) is 0 Å². The lowest BCUT2D eigenvalue weighted by Gasteiger charge is -2.06. The van der Waals surface area contributed by atoms with Crippen molar-refractivity contribution in [3.8, 4) is 0 Å². The first-order valence-electron chi connectivity index (χ1n) is 6.91. The molecule has 2 rings (SSSR count). The maximum atomic E-state index is 12.4. The van der Waals surface area contributed by atoms with Crippen molar-refractivity contribution in [1.29, 1.82) is 0 Å². The van der Waals surface area contributed by atoms with Crippen molar-refractivity contribution >= 4 is 17.6 Å². The van der Waals surface area contributed by atoms with Crippen LogP contribution in [-0.2, 0) is 20.7 Å². The summed E-state index contributed by atoms with van der Waals surface area (Å²) in [6.07, 6.45) is 1.19. The number of hydrogen-bond acceptors (Lipinski definition) is 6. The molecule has 22 heavy (non-hydrogen) atoms. The number of ether oxygens (including phenoxy) is 2. The summed E-state index contributed by atoms with van der Waals surface area (Å²) in [5.74, 6) is -1.06. The van der Waals surface area contributed by atoms with Crippen LogP contribution < -0.4 is 5.56 Å². The van der Waals surface area contributed by atoms with E-state index in [4.69, 9.17) is 9.47 Å². The highest BCUT2D eigenvalue weighted by molar-refractivity contribution is 5.95. The molecule has 0 bridgehead atoms. The first-order valence-corrected chi connectivity index (χ1v) is 6.91. The molecule has 0 unspecified atom stereocenters. The van der Waals surface area contributed by atoms with Gasteiger partial charge in [-0.2, -0.15) is 0 Å². The third-order valence-corrected chi connectivity index (χ3v) is 3.08. The predicted molar refractivity (Wildman–Crippen MR) is 76.8 cm³/mol. The van der Waals surface area contributed by atoms with Crippen molar-refractivity contribution in [2.24, 2.45) is 0 Å². The fraction of sp³-hybridized carbons (Fsp3) is 0.429. The second-order valence-electron chi connectivity index (χ2n) is 4.53. The van der Waals surface area contributed by atoms with E-state index in [9.17, 15) is 14.4 Å². The average Bonchev–Trinajstić information content (AvgIpc) is 2.88. The third kappa shape index (κ3) is 2.85. The van der Waals surface area contributed by atoms with Gasteiger partial charge in [-0.15, -0.1) is 0 Å². The molecule has 0 radical (unpaired) electrons. The van der Waals surface area contributed by atoms with Gasteiger partial charge in [0.2, 0.25) is 0 Å². The fourth-order valence-electron chi connectivity index (χ4n) is 2.08. The van der Waals surface area contributed by atoms with Crippen LogP contribution in [0.4, 0.5) is 0 Å². The van der Waals surface area contributed by atoms with Crippen LogP contribution in [0.1, 0.15) is 35.5 Å². The molecule has 0 fully saturated rings. The number of H-pyrrole nitrogens is 1. The number of fused-ring (bicyclic) bond motifs is 1. The molecule has 0 aromatic carbocycles. The molecule has 1 N–H and O–H groups in total. The van der Waals surface area contributed by atoms with Crippen LogP contribution in [-0.4, -0.2) is 39.8 Å². The maximum absolute atomic E-state index is 12.4. The highest BCUT2D eigenvalue weighted by Crippen LogP contribution is 2.11. The van der Waals surface area contributed by atoms with E-state index in [2.05, 4.69) is 10.1 Å². The van der Waals surface area contributed by atoms with Gasteiger partial charge in [0.25, 0.3) is 5.56 Å². The highest BCUT2D eigenvalue weighted by Gasteiger charge is 2.20. The van der Waals surface area contributed by atoms with Crippen molar-refractivity contribution < 1.29 is 19.1 Å². The molecular formula is C14H17N3O5. The van der Waals surface area contributed by atoms with Crippen LogP contribution in [0, 0.1) is 6.92 Å². The average molecular weight is 307 g/mol. The number of esters is 2. The predicted octanol–water partition coefficient (Wildman–Crippen LogP) is 0.613. The number of aromatic nitrogens is 3. The smallest absolute Gasteiger partial charge is 0.343 e. The van der Waals surface area contributed by atoms with Gasteiger partial charge in [-0.1, -0.05) is 0 Å². The van der Waals surface area contributed by atoms with Crippen LogP contribution in [0.15, 0.2) is 11.0 Å². The number of aryl methyl sites for hydroxylation is 1. The molecule has 0 aliphatic heterocycles. The zero-order chi connectivity index (χ0) is 16.3. The quantitative estimate of drug-likeness (QED) is 0.812. The van der Waals surface area contributed by atoms with E-state index in [0.717, 1.165) is 4.52 Å². The summed E-state index contributed by atoms with van der Waals surface area (Å²) in [6.45, 7) is 5.45. The van der Waals surface area contributed by atoms with Gasteiger partial charge in [0.05, 0.1) is 25.2 Å². The monoisotopic (exact) mass is 307 g/mol. The summed E-state index contributed by atoms with van der Waals surface area (Å²) in [5.41, 5.74) is 0.515. The number of aromatic amines is 1. The molecule has 0 amide bonds. The van der Waals surface area contributed by atoms with Crippen molar-refractivity contribution in [1.82, 2.24) is 14.6 Å². The first kappa shape index (κ1) is 15.7. The summed E-state index contributed by atoms with van der Waals surface area (Å²) in [6, 6.07) is 0. The number of carbonyl (C=O) groups is 2. The lowest BCUT2D eigenvalue weighted by atomic mass is 10.1. The molecule has 8 nitrogen and oxygen atoms in total. The second-order valence-corrected chi connectivity index (χ2v) is 4.53. The molecule has 2 aromatic rings. The standard InChI is InChI=1S/C14H17N3O5/c1-4-21-11(18)6-9-8(3)16-12-10(14(20)22-5-2)7-15-17(12)13(9)19/h7,15H,4-6H2,1-3H3. The molecule has 0 aliphatic rings. The van der Waals surface area contributed by atoms with E-state index in [1.807, 2.05) is 0 Å². The Hall–Kier alpha value is -2.64. The Labute approximate surface area is 126 Å². The van der Waals surface area contributed by atoms with Gasteiger partial charge < -0.3 is 9.47 Å². The van der Waals surface area contributed by atoms with Crippen LogP contribution in [0.25, 0.3) is 5.65 Å². The van der Waals surface area contributed by atoms with E-state index in [1.165, 1.54) is 6.20 Å². The molecule has 8 heteroatoms. The Morgan fingerprint density at radius 2 is 1.95 bits per heavy atom. The minimum atomic E-state index is -0.564. The van der Waals surface area contributed by atoms with Crippen LogP contribution in [0.3, 0.4) is 0 Å². The Morgan fingerprint density at radius 1 is 1.27 bits per heavy atom. The van der Waals surface area contributed by atoms with E-state index < -0.39 is 17.5 Å². The van der Waals surface area contributed by atoms with Crippen LogP contribution in [0.5, 0.6) is 0 Å². The molecule has 0 saturated carbocycles. The first-order chi connectivity index (χ1) is 10.5. The SMILES string of the molecule is CCOC(=O)Cc1c(C)nc2c(C(=O)OCC)c[nH]n2c1=O. The zero-order valence-electron chi connectivity index (χ0n) is 12.6. The summed E-state index contributed by atoms with van der Waals surface area (Å²) in [5, 5.41) is 2.66. The van der Waals surface area contributed by atoms with Gasteiger partial charge >= 0.3 is 11.9 Å². The Bertz CT molecular complexity index is 775. The topological polar surface area (TPSA) is 103 Å². The van der Waals surface area contributed by atoms with E-state index in [0.29, 0.717) is 5.69 Å². The highest BCUT2D eigenvalue weighted by atomic mass is 16.5. The third-order valence-electron chi connectivity index (χ3n) is 3.08. The molecule has 0 aliphatic carbocycles. The van der Waals surface area contributed by atoms with Gasteiger partial charge in [-0.3, -0.25) is 14.7 Å². The number of nitrogens with zero attached hydrogens (tertiary/aromatic N) is 2. The van der Waals surface area contributed by atoms with Gasteiger partial charge in [0.15, 0.2) is 5.65 Å². The molecule has 2 heterocycles. The minimum Gasteiger partial charge on any atom is -0.466 e. The Kier molecular flexibility index (Phi) is 4.59. The fourth-order valence-corrected chi connectivity index (χ4v) is 2.08. The molecule has 2 aromatic heterocycles. The summed E-state index contributed by atoms with van der Waals surface area (Å²) in [7, 11) is 0. The lowest BCUT2D eigenvalue weighted by Crippen LogP contribution is -2.25. The summed E-state index contributed by atoms with van der Waals surface area (Å²) >= 11 is 0. The largest absolute Gasteiger partial charge is 0.466 e. The van der Waals surface area contributed by atoms with Gasteiger partial charge in [0.1, 0.15) is 5.56 Å². The minimum absolute atomic E-state index is 0.164. The van der Waals surface area contributed by atoms with Crippen molar-refractivity contribution in [2.75, 3.05) is 13.2 Å². The summed E-state index contributed by atoms with van der Waals surface area (Å²) in [4.78, 5) is 40.0.